The van der Waals surface area contributed by atoms with Crippen molar-refractivity contribution in [3.63, 3.8) is 0 Å². The summed E-state index contributed by atoms with van der Waals surface area (Å²) in [5.41, 5.74) is 0. The van der Waals surface area contributed by atoms with Gasteiger partial charge in [0.25, 0.3) is 0 Å². The lowest BCUT2D eigenvalue weighted by atomic mass is 10.1. The summed E-state index contributed by atoms with van der Waals surface area (Å²) in [6.07, 6.45) is 2.05. The van der Waals surface area contributed by atoms with Gasteiger partial charge in [0.15, 0.2) is 0 Å². The van der Waals surface area contributed by atoms with Crippen LogP contribution in [0.25, 0.3) is 0 Å². The first kappa shape index (κ1) is 16.9. The summed E-state index contributed by atoms with van der Waals surface area (Å²) in [4.78, 5) is 26.2. The smallest absolute Gasteiger partial charge is 0.238 e. The van der Waals surface area contributed by atoms with E-state index in [4.69, 9.17) is 0 Å². The highest BCUT2D eigenvalue weighted by Crippen LogP contribution is 2.09. The number of likely N-dealkylation sites (N-methyl/N-ethyl adjacent to an activating group) is 1. The van der Waals surface area contributed by atoms with Crippen molar-refractivity contribution in [3.05, 3.63) is 0 Å². The Morgan fingerprint density at radius 2 is 2.10 bits per heavy atom. The largest absolute Gasteiger partial charge is 0.355 e. The summed E-state index contributed by atoms with van der Waals surface area (Å²) in [6, 6.07) is -0.544. The molecule has 0 bridgehead atoms. The average molecular weight is 284 g/mol. The molecule has 6 nitrogen and oxygen atoms in total. The SMILES string of the molecule is CCCCNC(=O)C(C)N1CCNCC1C(=O)NCC. The summed E-state index contributed by atoms with van der Waals surface area (Å²) in [5.74, 6) is 0.00237. The van der Waals surface area contributed by atoms with Crippen molar-refractivity contribution < 1.29 is 9.59 Å². The molecule has 0 spiro atoms. The van der Waals surface area contributed by atoms with E-state index in [2.05, 4.69) is 22.9 Å². The van der Waals surface area contributed by atoms with Crippen LogP contribution in [0.5, 0.6) is 0 Å². The normalized spacial score (nSPS) is 21.2. The number of unbranched alkanes of at least 4 members (excludes halogenated alkanes) is 1. The lowest BCUT2D eigenvalue weighted by molar-refractivity contribution is -0.133. The topological polar surface area (TPSA) is 73.5 Å². The molecule has 1 heterocycles. The number of piperazine rings is 1. The van der Waals surface area contributed by atoms with E-state index in [1.54, 1.807) is 0 Å². The van der Waals surface area contributed by atoms with Crippen molar-refractivity contribution in [2.45, 2.75) is 45.7 Å². The van der Waals surface area contributed by atoms with Gasteiger partial charge in [0, 0.05) is 32.7 Å². The summed E-state index contributed by atoms with van der Waals surface area (Å²) < 4.78 is 0. The van der Waals surface area contributed by atoms with Gasteiger partial charge in [-0.2, -0.15) is 0 Å². The molecule has 116 valence electrons. The van der Waals surface area contributed by atoms with Gasteiger partial charge < -0.3 is 16.0 Å². The molecule has 1 aliphatic heterocycles. The van der Waals surface area contributed by atoms with Gasteiger partial charge in [0.2, 0.25) is 11.8 Å². The molecule has 1 rings (SSSR count). The number of hydrogen-bond acceptors (Lipinski definition) is 4. The predicted molar refractivity (Wildman–Crippen MR) is 79.4 cm³/mol. The van der Waals surface area contributed by atoms with Crippen LogP contribution in [-0.4, -0.2) is 61.5 Å². The zero-order chi connectivity index (χ0) is 15.0. The van der Waals surface area contributed by atoms with E-state index in [-0.39, 0.29) is 23.9 Å². The third-order valence-corrected chi connectivity index (χ3v) is 3.64. The molecule has 20 heavy (non-hydrogen) atoms. The minimum absolute atomic E-state index is 0.00657. The first-order valence-electron chi connectivity index (χ1n) is 7.63. The Kier molecular flexibility index (Phi) is 7.54. The number of carbonyl (C=O) groups excluding carboxylic acids is 2. The summed E-state index contributed by atoms with van der Waals surface area (Å²) in [5, 5.41) is 8.99. The minimum atomic E-state index is -0.276. The van der Waals surface area contributed by atoms with Crippen LogP contribution in [0.2, 0.25) is 0 Å². The molecule has 2 unspecified atom stereocenters. The fourth-order valence-corrected chi connectivity index (χ4v) is 2.41. The predicted octanol–water partition coefficient (Wildman–Crippen LogP) is -0.299. The molecule has 3 N–H and O–H groups in total. The summed E-state index contributed by atoms with van der Waals surface area (Å²) >= 11 is 0. The first-order valence-corrected chi connectivity index (χ1v) is 7.63. The van der Waals surface area contributed by atoms with Gasteiger partial charge in [-0.15, -0.1) is 0 Å². The number of hydrogen-bond donors (Lipinski definition) is 3. The van der Waals surface area contributed by atoms with Gasteiger partial charge in [-0.05, 0) is 20.3 Å². The molecule has 6 heteroatoms. The molecule has 1 aliphatic rings. The second-order valence-corrected chi connectivity index (χ2v) is 5.17. The van der Waals surface area contributed by atoms with E-state index in [0.717, 1.165) is 19.4 Å². The van der Waals surface area contributed by atoms with E-state index in [1.165, 1.54) is 0 Å². The Bertz CT molecular complexity index is 322. The number of nitrogens with zero attached hydrogens (tertiary/aromatic N) is 1. The lowest BCUT2D eigenvalue weighted by Gasteiger charge is -2.38. The van der Waals surface area contributed by atoms with Crippen LogP contribution >= 0.6 is 0 Å². The van der Waals surface area contributed by atoms with Crippen molar-refractivity contribution in [1.82, 2.24) is 20.9 Å². The van der Waals surface area contributed by atoms with Crippen LogP contribution < -0.4 is 16.0 Å². The Labute approximate surface area is 121 Å². The highest BCUT2D eigenvalue weighted by Gasteiger charge is 2.34. The maximum Gasteiger partial charge on any atom is 0.238 e. The van der Waals surface area contributed by atoms with Crippen LogP contribution in [0.1, 0.15) is 33.6 Å². The molecule has 2 atom stereocenters. The van der Waals surface area contributed by atoms with Crippen molar-refractivity contribution >= 4 is 11.8 Å². The molecule has 1 fully saturated rings. The van der Waals surface area contributed by atoms with Gasteiger partial charge >= 0.3 is 0 Å². The first-order chi connectivity index (χ1) is 9.61. The average Bonchev–Trinajstić information content (AvgIpc) is 2.47. The van der Waals surface area contributed by atoms with Crippen molar-refractivity contribution in [2.24, 2.45) is 0 Å². The molecule has 2 amide bonds. The Hall–Kier alpha value is -1.14. The standard InChI is InChI=1S/C14H28N4O2/c1-4-6-7-17-13(19)11(3)18-9-8-15-10-12(18)14(20)16-5-2/h11-12,15H,4-10H2,1-3H3,(H,16,20)(H,17,19). The molecular formula is C14H28N4O2. The summed E-state index contributed by atoms with van der Waals surface area (Å²) in [7, 11) is 0. The zero-order valence-electron chi connectivity index (χ0n) is 12.9. The quantitative estimate of drug-likeness (QED) is 0.561. The van der Waals surface area contributed by atoms with E-state index in [9.17, 15) is 9.59 Å². The van der Waals surface area contributed by atoms with E-state index in [0.29, 0.717) is 26.2 Å². The number of amides is 2. The van der Waals surface area contributed by atoms with Gasteiger partial charge in [-0.25, -0.2) is 0 Å². The van der Waals surface area contributed by atoms with Crippen LogP contribution in [0.15, 0.2) is 0 Å². The zero-order valence-corrected chi connectivity index (χ0v) is 12.9. The van der Waals surface area contributed by atoms with Crippen molar-refractivity contribution in [1.29, 1.82) is 0 Å². The fourth-order valence-electron chi connectivity index (χ4n) is 2.41. The molecular weight excluding hydrogens is 256 g/mol. The van der Waals surface area contributed by atoms with E-state index in [1.807, 2.05) is 18.7 Å². The van der Waals surface area contributed by atoms with Crippen LogP contribution in [0.4, 0.5) is 0 Å². The van der Waals surface area contributed by atoms with Gasteiger partial charge in [-0.1, -0.05) is 13.3 Å². The molecule has 1 saturated heterocycles. The molecule has 0 aromatic carbocycles. The number of carbonyl (C=O) groups is 2. The van der Waals surface area contributed by atoms with Gasteiger partial charge in [-0.3, -0.25) is 14.5 Å². The van der Waals surface area contributed by atoms with Crippen molar-refractivity contribution in [3.8, 4) is 0 Å². The third-order valence-electron chi connectivity index (χ3n) is 3.64. The monoisotopic (exact) mass is 284 g/mol. The van der Waals surface area contributed by atoms with E-state index < -0.39 is 0 Å². The van der Waals surface area contributed by atoms with Crippen LogP contribution in [0, 0.1) is 0 Å². The van der Waals surface area contributed by atoms with Gasteiger partial charge in [0.05, 0.1) is 6.04 Å². The molecule has 0 aliphatic carbocycles. The molecule has 0 aromatic rings. The third kappa shape index (κ3) is 4.76. The van der Waals surface area contributed by atoms with Crippen LogP contribution in [0.3, 0.4) is 0 Å². The van der Waals surface area contributed by atoms with Gasteiger partial charge in [0.1, 0.15) is 6.04 Å². The Morgan fingerprint density at radius 1 is 1.35 bits per heavy atom. The maximum atomic E-state index is 12.1. The van der Waals surface area contributed by atoms with Crippen LogP contribution in [-0.2, 0) is 9.59 Å². The highest BCUT2D eigenvalue weighted by molar-refractivity contribution is 5.85. The lowest BCUT2D eigenvalue weighted by Crippen LogP contribution is -2.62. The Balaban J connectivity index is 2.59. The second kappa shape index (κ2) is 8.92. The van der Waals surface area contributed by atoms with Crippen molar-refractivity contribution in [2.75, 3.05) is 32.7 Å². The number of nitrogens with one attached hydrogen (secondary N) is 3. The summed E-state index contributed by atoms with van der Waals surface area (Å²) in [6.45, 7) is 9.30. The molecule has 0 radical (unpaired) electrons. The molecule has 0 aromatic heterocycles. The number of rotatable bonds is 7. The highest BCUT2D eigenvalue weighted by atomic mass is 16.2. The second-order valence-electron chi connectivity index (χ2n) is 5.17. The van der Waals surface area contributed by atoms with E-state index >= 15 is 0 Å². The minimum Gasteiger partial charge on any atom is -0.355 e. The molecule has 0 saturated carbocycles. The fraction of sp³-hybridized carbons (Fsp3) is 0.857. The Morgan fingerprint density at radius 3 is 2.75 bits per heavy atom. The maximum absolute atomic E-state index is 12.1.